The summed E-state index contributed by atoms with van der Waals surface area (Å²) >= 11 is 0. The van der Waals surface area contributed by atoms with Crippen LogP contribution in [0.5, 0.6) is 0 Å². The number of aromatic nitrogens is 6. The van der Waals surface area contributed by atoms with Gasteiger partial charge in [-0.1, -0.05) is 50.3 Å². The summed E-state index contributed by atoms with van der Waals surface area (Å²) < 4.78 is 56.7. The highest BCUT2D eigenvalue weighted by Gasteiger charge is 2.51. The Morgan fingerprint density at radius 3 is 2.24 bits per heavy atom. The molecule has 0 saturated carbocycles. The largest absolute Gasteiger partial charge is 0.462 e. The third-order valence-electron chi connectivity index (χ3n) is 16.6. The van der Waals surface area contributed by atoms with E-state index < -0.39 is 97.0 Å². The van der Waals surface area contributed by atoms with Gasteiger partial charge in [0.2, 0.25) is 0 Å². The zero-order valence-corrected chi connectivity index (χ0v) is 47.9. The molecule has 0 radical (unpaired) electrons. The van der Waals surface area contributed by atoms with Gasteiger partial charge in [0.25, 0.3) is 0 Å². The number of likely N-dealkylation sites (N-methyl/N-ethyl adjacent to an activating group) is 2. The summed E-state index contributed by atoms with van der Waals surface area (Å²) in [6.45, 7) is 19.8. The number of nitrogens with zero attached hydrogens (tertiary/aromatic N) is 9. The maximum atomic E-state index is 14.7. The van der Waals surface area contributed by atoms with Crippen LogP contribution in [0.15, 0.2) is 36.7 Å². The Morgan fingerprint density at radius 2 is 1.59 bits per heavy atom. The van der Waals surface area contributed by atoms with Crippen molar-refractivity contribution in [2.75, 3.05) is 55.1 Å². The molecule has 3 saturated heterocycles. The van der Waals surface area contributed by atoms with Gasteiger partial charge < -0.3 is 63.5 Å². The lowest BCUT2D eigenvalue weighted by Crippen LogP contribution is -2.59. The summed E-state index contributed by atoms with van der Waals surface area (Å²) in [5.74, 6) is -2.54. The SMILES string of the molecule is CC[C@H]1OC(=O)[C@H](C)[C@@H](O[C@H]2C[C@@](C)(OC)[C@@H](O)[C@H](C)O2)[C@H](C)[C@@H](OC2CC(N(C)CCc3cn([C@H](CF)[C@H](O)c4ccc(-n5cc(CN(C)C)nn5)cc4)nn3)C[C@@H](C)O2)[C@](C)(O)C[C@@H](C)CN(C)[C@H](C)C(O)[C@H]1C. The predicted molar refractivity (Wildman–Crippen MR) is 283 cm³/mol. The number of cyclic esters (lactones) is 1. The maximum Gasteiger partial charge on any atom is 0.311 e. The van der Waals surface area contributed by atoms with E-state index in [9.17, 15) is 29.6 Å². The number of hydrogen-bond acceptors (Lipinski definition) is 18. The molecule has 20 nitrogen and oxygen atoms in total. The van der Waals surface area contributed by atoms with E-state index in [1.807, 2.05) is 86.0 Å². The Bertz CT molecular complexity index is 2260. The number of halogens is 1. The van der Waals surface area contributed by atoms with Gasteiger partial charge in [-0.3, -0.25) is 4.79 Å². The van der Waals surface area contributed by atoms with Gasteiger partial charge in [-0.2, -0.15) is 0 Å². The van der Waals surface area contributed by atoms with E-state index in [1.54, 1.807) is 50.7 Å². The zero-order chi connectivity index (χ0) is 56.0. The highest BCUT2D eigenvalue weighted by Crippen LogP contribution is 2.40. The summed E-state index contributed by atoms with van der Waals surface area (Å²) in [5.41, 5.74) is 0.229. The normalized spacial score (nSPS) is 36.7. The molecule has 19 atom stereocenters. The van der Waals surface area contributed by atoms with Crippen LogP contribution in [0.1, 0.15) is 130 Å². The highest BCUT2D eigenvalue weighted by molar-refractivity contribution is 5.73. The topological polar surface area (TPSA) is 225 Å². The number of ether oxygens (including phenoxy) is 6. The lowest BCUT2D eigenvalue weighted by Gasteiger charge is -2.48. The molecular weight excluding hydrogens is 982 g/mol. The van der Waals surface area contributed by atoms with Crippen molar-refractivity contribution in [3.05, 3.63) is 53.6 Å². The van der Waals surface area contributed by atoms with Gasteiger partial charge in [-0.05, 0) is 113 Å². The summed E-state index contributed by atoms with van der Waals surface area (Å²) in [6, 6.07) is 5.81. The molecule has 0 aliphatic carbocycles. The Labute approximate surface area is 450 Å². The Morgan fingerprint density at radius 1 is 0.908 bits per heavy atom. The smallest absolute Gasteiger partial charge is 0.311 e. The van der Waals surface area contributed by atoms with Crippen LogP contribution >= 0.6 is 0 Å². The first-order valence-corrected chi connectivity index (χ1v) is 27.5. The zero-order valence-electron chi connectivity index (χ0n) is 47.9. The number of esters is 1. The van der Waals surface area contributed by atoms with Crippen molar-refractivity contribution in [2.24, 2.45) is 23.7 Å². The molecule has 3 aliphatic heterocycles. The van der Waals surface area contributed by atoms with Gasteiger partial charge in [0.1, 0.15) is 31.0 Å². The highest BCUT2D eigenvalue weighted by atomic mass is 19.1. The molecule has 430 valence electrons. The average molecular weight is 1070 g/mol. The lowest BCUT2D eigenvalue weighted by molar-refractivity contribution is -0.308. The number of benzene rings is 1. The van der Waals surface area contributed by atoms with Gasteiger partial charge >= 0.3 is 5.97 Å². The molecule has 3 aliphatic rings. The molecule has 3 fully saturated rings. The summed E-state index contributed by atoms with van der Waals surface area (Å²) in [7, 11) is 9.44. The van der Waals surface area contributed by atoms with Crippen LogP contribution in [0.25, 0.3) is 5.69 Å². The fourth-order valence-corrected chi connectivity index (χ4v) is 11.8. The lowest BCUT2D eigenvalue weighted by atomic mass is 9.77. The van der Waals surface area contributed by atoms with Crippen LogP contribution in [-0.4, -0.2) is 205 Å². The minimum absolute atomic E-state index is 0.0172. The summed E-state index contributed by atoms with van der Waals surface area (Å²) in [5, 5.41) is 64.1. The van der Waals surface area contributed by atoms with Crippen LogP contribution in [0.2, 0.25) is 0 Å². The van der Waals surface area contributed by atoms with Gasteiger partial charge in [0.05, 0.1) is 70.9 Å². The second kappa shape index (κ2) is 26.6. The second-order valence-corrected chi connectivity index (χ2v) is 23.4. The van der Waals surface area contributed by atoms with E-state index in [1.165, 1.54) is 11.8 Å². The van der Waals surface area contributed by atoms with Gasteiger partial charge in [0, 0.05) is 76.1 Å². The van der Waals surface area contributed by atoms with Crippen molar-refractivity contribution in [3.8, 4) is 5.69 Å². The number of rotatable bonds is 17. The number of aliphatic hydroxyl groups excluding tert-OH is 3. The number of carbonyl (C=O) groups is 1. The molecule has 1 aromatic carbocycles. The molecule has 2 aromatic heterocycles. The number of alkyl halides is 1. The monoisotopic (exact) mass is 1070 g/mol. The fraction of sp³-hybridized carbons (Fsp3) is 0.800. The molecule has 3 aromatic rings. The Balaban J connectivity index is 1.20. The molecule has 3 unspecified atom stereocenters. The van der Waals surface area contributed by atoms with E-state index in [0.29, 0.717) is 63.0 Å². The van der Waals surface area contributed by atoms with Crippen LogP contribution in [0.4, 0.5) is 4.39 Å². The van der Waals surface area contributed by atoms with E-state index in [2.05, 4.69) is 37.3 Å². The minimum Gasteiger partial charge on any atom is -0.462 e. The van der Waals surface area contributed by atoms with Gasteiger partial charge in [-0.25, -0.2) is 13.8 Å². The Kier molecular flexibility index (Phi) is 21.6. The predicted octanol–water partition coefficient (Wildman–Crippen LogP) is 4.91. The van der Waals surface area contributed by atoms with E-state index >= 15 is 0 Å². The first kappa shape index (κ1) is 61.6. The van der Waals surface area contributed by atoms with Gasteiger partial charge in [0.15, 0.2) is 12.6 Å². The average Bonchev–Trinajstić information content (AvgIpc) is 4.05. The van der Waals surface area contributed by atoms with Crippen molar-refractivity contribution in [1.29, 1.82) is 0 Å². The number of hydrogen-bond donors (Lipinski definition) is 4. The van der Waals surface area contributed by atoms with Crippen LogP contribution in [0.3, 0.4) is 0 Å². The third kappa shape index (κ3) is 15.0. The van der Waals surface area contributed by atoms with Crippen LogP contribution in [0, 0.1) is 23.7 Å². The van der Waals surface area contributed by atoms with Crippen LogP contribution < -0.4 is 0 Å². The molecule has 0 bridgehead atoms. The van der Waals surface area contributed by atoms with Crippen LogP contribution in [-0.2, 0) is 46.2 Å². The Hall–Kier alpha value is -3.58. The molecule has 21 heteroatoms. The van der Waals surface area contributed by atoms with E-state index in [4.69, 9.17) is 28.4 Å². The maximum absolute atomic E-state index is 14.7. The molecule has 0 spiro atoms. The molecule has 6 rings (SSSR count). The third-order valence-corrected chi connectivity index (χ3v) is 16.6. The molecular formula is C55H92FN9O11. The fourth-order valence-electron chi connectivity index (χ4n) is 11.8. The quantitative estimate of drug-likeness (QED) is 0.132. The van der Waals surface area contributed by atoms with Crippen molar-refractivity contribution < 1.29 is 58.0 Å². The van der Waals surface area contributed by atoms with Crippen molar-refractivity contribution in [3.63, 3.8) is 0 Å². The molecule has 0 amide bonds. The van der Waals surface area contributed by atoms with Gasteiger partial charge in [-0.15, -0.1) is 10.2 Å². The number of aliphatic hydroxyl groups is 4. The number of methoxy groups -OCH3 is 1. The minimum atomic E-state index is -1.50. The van der Waals surface area contributed by atoms with Crippen molar-refractivity contribution >= 4 is 5.97 Å². The van der Waals surface area contributed by atoms with E-state index in [-0.39, 0.29) is 36.4 Å². The summed E-state index contributed by atoms with van der Waals surface area (Å²) in [6.07, 6.45) is -1.84. The van der Waals surface area contributed by atoms with Crippen molar-refractivity contribution in [2.45, 2.75) is 205 Å². The number of carbonyl (C=O) groups excluding carboxylic acids is 1. The van der Waals surface area contributed by atoms with Crippen molar-refractivity contribution in [1.82, 2.24) is 44.7 Å². The second-order valence-electron chi connectivity index (χ2n) is 23.4. The molecule has 76 heavy (non-hydrogen) atoms. The van der Waals surface area contributed by atoms with E-state index in [0.717, 1.165) is 11.4 Å². The molecule has 4 N–H and O–H groups in total. The first-order chi connectivity index (χ1) is 35.8. The standard InChI is InChI=1S/C55H92FN9O11/c1-16-45-34(4)48(66)37(7)63(14)28-32(2)25-54(9,70)52(35(5)50(36(6)53(69)74-45)75-47-26-55(10,71-15)51(68)38(8)73-47)76-46-24-43(23-33(3)72-46)62(13)22-21-40-30-65(60-57-40)44(27-56)49(67)39-17-19-42(20-18-39)64-31-41(58-59-64)29-61(11)12/h17-20,30-38,43-52,66-68,70H,16,21-29H2,1-15H3/t32-,33-,34+,35+,36-,37-,38+,43?,44-,45-,46?,47+,48?,49-,50+,51+,52-,54-,55-/m1/s1. The molecule has 5 heterocycles. The summed E-state index contributed by atoms with van der Waals surface area (Å²) in [4.78, 5) is 20.8. The first-order valence-electron chi connectivity index (χ1n) is 27.5.